The van der Waals surface area contributed by atoms with E-state index < -0.39 is 0 Å². The van der Waals surface area contributed by atoms with Crippen molar-refractivity contribution in [3.05, 3.63) is 30.3 Å². The van der Waals surface area contributed by atoms with Gasteiger partial charge >= 0.3 is 0 Å². The maximum absolute atomic E-state index is 9.17. The minimum atomic E-state index is 0.310. The molecule has 1 aromatic carbocycles. The van der Waals surface area contributed by atoms with E-state index in [1.54, 1.807) is 0 Å². The van der Waals surface area contributed by atoms with Crippen LogP contribution in [0.15, 0.2) is 30.3 Å². The number of nitrogens with zero attached hydrogens (tertiary/aromatic N) is 1. The molecule has 2 atom stereocenters. The fraction of sp³-hybridized carbons (Fsp3) is 0.500. The topological polar surface area (TPSA) is 23.5 Å². The maximum Gasteiger partial charge on any atom is 0.0479 e. The second-order valence-electron chi connectivity index (χ2n) is 4.00. The number of anilines is 1. The molecule has 1 N–H and O–H groups in total. The number of para-hydroxylation sites is 1. The van der Waals surface area contributed by atoms with Crippen LogP contribution in [0.5, 0.6) is 0 Å². The average Bonchev–Trinajstić information content (AvgIpc) is 2.61. The second kappa shape index (κ2) is 4.01. The van der Waals surface area contributed by atoms with Gasteiger partial charge in [0.05, 0.1) is 0 Å². The van der Waals surface area contributed by atoms with Gasteiger partial charge in [0.2, 0.25) is 0 Å². The first-order chi connectivity index (χ1) is 6.83. The van der Waals surface area contributed by atoms with E-state index in [0.717, 1.165) is 13.0 Å². The Morgan fingerprint density at radius 3 is 2.64 bits per heavy atom. The molecule has 1 aliphatic heterocycles. The first-order valence-electron chi connectivity index (χ1n) is 5.25. The zero-order chi connectivity index (χ0) is 9.97. The molecular formula is C12H17NO. The molecule has 76 valence electrons. The fourth-order valence-corrected chi connectivity index (χ4v) is 2.23. The molecule has 2 heteroatoms. The van der Waals surface area contributed by atoms with Crippen molar-refractivity contribution in [1.29, 1.82) is 0 Å². The third kappa shape index (κ3) is 1.62. The van der Waals surface area contributed by atoms with Crippen molar-refractivity contribution in [3.63, 3.8) is 0 Å². The van der Waals surface area contributed by atoms with Crippen LogP contribution in [0.3, 0.4) is 0 Å². The highest BCUT2D eigenvalue weighted by atomic mass is 16.3. The summed E-state index contributed by atoms with van der Waals surface area (Å²) in [7, 11) is 0. The number of aliphatic hydroxyl groups is 1. The molecule has 2 unspecified atom stereocenters. The Kier molecular flexibility index (Phi) is 2.73. The molecule has 1 heterocycles. The van der Waals surface area contributed by atoms with Gasteiger partial charge in [-0.1, -0.05) is 18.2 Å². The first kappa shape index (κ1) is 9.53. The highest BCUT2D eigenvalue weighted by Crippen LogP contribution is 2.28. The number of hydrogen-bond acceptors (Lipinski definition) is 2. The van der Waals surface area contributed by atoms with Crippen LogP contribution in [0.2, 0.25) is 0 Å². The van der Waals surface area contributed by atoms with E-state index >= 15 is 0 Å². The molecule has 2 rings (SSSR count). The van der Waals surface area contributed by atoms with Crippen molar-refractivity contribution in [1.82, 2.24) is 0 Å². The maximum atomic E-state index is 9.17. The predicted octanol–water partition coefficient (Wildman–Crippen LogP) is 1.89. The summed E-state index contributed by atoms with van der Waals surface area (Å²) in [5.41, 5.74) is 1.27. The number of aliphatic hydroxyl groups excluding tert-OH is 1. The van der Waals surface area contributed by atoms with Crippen molar-refractivity contribution in [3.8, 4) is 0 Å². The van der Waals surface area contributed by atoms with E-state index in [0.29, 0.717) is 18.6 Å². The third-order valence-corrected chi connectivity index (χ3v) is 3.24. The Morgan fingerprint density at radius 1 is 1.36 bits per heavy atom. The molecule has 1 saturated heterocycles. The largest absolute Gasteiger partial charge is 0.396 e. The van der Waals surface area contributed by atoms with E-state index in [1.807, 2.05) is 6.07 Å². The summed E-state index contributed by atoms with van der Waals surface area (Å²) in [6, 6.07) is 10.9. The van der Waals surface area contributed by atoms with Gasteiger partial charge in [0.15, 0.2) is 0 Å². The minimum absolute atomic E-state index is 0.310. The summed E-state index contributed by atoms with van der Waals surface area (Å²) in [4.78, 5) is 2.38. The van der Waals surface area contributed by atoms with Gasteiger partial charge in [-0.3, -0.25) is 0 Å². The molecule has 0 bridgehead atoms. The van der Waals surface area contributed by atoms with Crippen molar-refractivity contribution in [2.24, 2.45) is 5.92 Å². The summed E-state index contributed by atoms with van der Waals surface area (Å²) in [6.07, 6.45) is 1.10. The van der Waals surface area contributed by atoms with Crippen LogP contribution < -0.4 is 4.90 Å². The summed E-state index contributed by atoms with van der Waals surface area (Å²) in [5, 5.41) is 9.17. The van der Waals surface area contributed by atoms with E-state index in [9.17, 15) is 5.11 Å². The summed E-state index contributed by atoms with van der Waals surface area (Å²) >= 11 is 0. The van der Waals surface area contributed by atoms with Crippen LogP contribution in [0.25, 0.3) is 0 Å². The van der Waals surface area contributed by atoms with Gasteiger partial charge in [0.1, 0.15) is 0 Å². The van der Waals surface area contributed by atoms with Gasteiger partial charge in [-0.25, -0.2) is 0 Å². The molecule has 2 nitrogen and oxygen atoms in total. The molecule has 1 fully saturated rings. The number of rotatable bonds is 2. The minimum Gasteiger partial charge on any atom is -0.396 e. The fourth-order valence-electron chi connectivity index (χ4n) is 2.23. The molecular weight excluding hydrogens is 174 g/mol. The molecule has 0 aliphatic carbocycles. The predicted molar refractivity (Wildman–Crippen MR) is 58.4 cm³/mol. The molecule has 0 radical (unpaired) electrons. The van der Waals surface area contributed by atoms with Gasteiger partial charge in [-0.2, -0.15) is 0 Å². The smallest absolute Gasteiger partial charge is 0.0479 e. The van der Waals surface area contributed by atoms with E-state index in [2.05, 4.69) is 36.1 Å². The monoisotopic (exact) mass is 191 g/mol. The number of hydrogen-bond donors (Lipinski definition) is 1. The zero-order valence-corrected chi connectivity index (χ0v) is 8.56. The third-order valence-electron chi connectivity index (χ3n) is 3.24. The van der Waals surface area contributed by atoms with Crippen molar-refractivity contribution < 1.29 is 5.11 Å². The highest BCUT2D eigenvalue weighted by Gasteiger charge is 2.29. The van der Waals surface area contributed by atoms with Gasteiger partial charge in [0, 0.05) is 30.8 Å². The van der Waals surface area contributed by atoms with Crippen LogP contribution in [-0.2, 0) is 0 Å². The average molecular weight is 191 g/mol. The lowest BCUT2D eigenvalue weighted by molar-refractivity contribution is 0.221. The standard InChI is InChI=1S/C12H17NO/c1-10-11(9-14)7-8-13(10)12-5-3-2-4-6-12/h2-6,10-11,14H,7-9H2,1H3. The number of benzene rings is 1. The SMILES string of the molecule is CC1C(CO)CCN1c1ccccc1. The van der Waals surface area contributed by atoms with Gasteiger partial charge in [-0.15, -0.1) is 0 Å². The molecule has 0 saturated carbocycles. The summed E-state index contributed by atoms with van der Waals surface area (Å²) < 4.78 is 0. The molecule has 0 amide bonds. The molecule has 0 spiro atoms. The van der Waals surface area contributed by atoms with Gasteiger partial charge < -0.3 is 10.0 Å². The second-order valence-corrected chi connectivity index (χ2v) is 4.00. The van der Waals surface area contributed by atoms with E-state index in [1.165, 1.54) is 5.69 Å². The molecule has 0 aromatic heterocycles. The summed E-state index contributed by atoms with van der Waals surface area (Å²) in [6.45, 7) is 3.57. The highest BCUT2D eigenvalue weighted by molar-refractivity contribution is 5.48. The van der Waals surface area contributed by atoms with Crippen LogP contribution >= 0.6 is 0 Å². The Morgan fingerprint density at radius 2 is 2.07 bits per heavy atom. The molecule has 1 aromatic rings. The van der Waals surface area contributed by atoms with Crippen molar-refractivity contribution >= 4 is 5.69 Å². The van der Waals surface area contributed by atoms with E-state index in [-0.39, 0.29) is 0 Å². The lowest BCUT2D eigenvalue weighted by atomic mass is 10.0. The Hall–Kier alpha value is -1.02. The Labute approximate surface area is 85.2 Å². The quantitative estimate of drug-likeness (QED) is 0.771. The van der Waals surface area contributed by atoms with Crippen molar-refractivity contribution in [2.45, 2.75) is 19.4 Å². The van der Waals surface area contributed by atoms with Gasteiger partial charge in [0.25, 0.3) is 0 Å². The lowest BCUT2D eigenvalue weighted by Gasteiger charge is -2.26. The van der Waals surface area contributed by atoms with Crippen LogP contribution in [0.1, 0.15) is 13.3 Å². The zero-order valence-electron chi connectivity index (χ0n) is 8.56. The van der Waals surface area contributed by atoms with Crippen LogP contribution in [0, 0.1) is 5.92 Å². The summed E-state index contributed by atoms with van der Waals surface area (Å²) in [5.74, 6) is 0.440. The van der Waals surface area contributed by atoms with Crippen LogP contribution in [-0.4, -0.2) is 24.3 Å². The first-order valence-corrected chi connectivity index (χ1v) is 5.25. The Balaban J connectivity index is 2.14. The lowest BCUT2D eigenvalue weighted by Crippen LogP contribution is -2.30. The van der Waals surface area contributed by atoms with Gasteiger partial charge in [-0.05, 0) is 25.5 Å². The Bertz CT molecular complexity index is 286. The van der Waals surface area contributed by atoms with Crippen LogP contribution in [0.4, 0.5) is 5.69 Å². The normalized spacial score (nSPS) is 26.9. The molecule has 14 heavy (non-hydrogen) atoms. The van der Waals surface area contributed by atoms with Crippen molar-refractivity contribution in [2.75, 3.05) is 18.1 Å². The molecule has 1 aliphatic rings. The van der Waals surface area contributed by atoms with E-state index in [4.69, 9.17) is 0 Å².